The van der Waals surface area contributed by atoms with E-state index in [1.807, 2.05) is 24.3 Å². The number of anilines is 1. The zero-order valence-electron chi connectivity index (χ0n) is 20.1. The number of para-hydroxylation sites is 2. The van der Waals surface area contributed by atoms with E-state index >= 15 is 0 Å². The van der Waals surface area contributed by atoms with Crippen LogP contribution in [0.4, 0.5) is 5.69 Å². The van der Waals surface area contributed by atoms with Crippen LogP contribution in [0.15, 0.2) is 54.6 Å². The fourth-order valence-electron chi connectivity index (χ4n) is 3.49. The Hall–Kier alpha value is -4.14. The largest absolute Gasteiger partial charge is 0.494 e. The third kappa shape index (κ3) is 6.69. The van der Waals surface area contributed by atoms with Crippen LogP contribution in [0.2, 0.25) is 0 Å². The van der Waals surface area contributed by atoms with Gasteiger partial charge in [-0.25, -0.2) is 9.48 Å². The lowest BCUT2D eigenvalue weighted by Crippen LogP contribution is -2.12. The van der Waals surface area contributed by atoms with E-state index in [0.717, 1.165) is 5.56 Å². The van der Waals surface area contributed by atoms with E-state index in [-0.39, 0.29) is 37.0 Å². The molecule has 3 aromatic rings. The Bertz CT molecular complexity index is 1190. The molecule has 0 unspecified atom stereocenters. The average Bonchev–Trinajstić information content (AvgIpc) is 3.30. The first-order valence-corrected chi connectivity index (χ1v) is 11.4. The van der Waals surface area contributed by atoms with Gasteiger partial charge in [0.05, 0.1) is 26.0 Å². The van der Waals surface area contributed by atoms with Gasteiger partial charge in [-0.15, -0.1) is 0 Å². The van der Waals surface area contributed by atoms with Gasteiger partial charge >= 0.3 is 11.9 Å². The van der Waals surface area contributed by atoms with Crippen LogP contribution in [0.3, 0.4) is 0 Å². The Morgan fingerprint density at radius 3 is 2.46 bits per heavy atom. The first-order valence-electron chi connectivity index (χ1n) is 11.4. The third-order valence-electron chi connectivity index (χ3n) is 5.04. The number of esters is 2. The zero-order valence-corrected chi connectivity index (χ0v) is 20.1. The number of carbonyl (C=O) groups excluding carboxylic acids is 3. The highest BCUT2D eigenvalue weighted by molar-refractivity contribution is 5.92. The van der Waals surface area contributed by atoms with Gasteiger partial charge in [0.15, 0.2) is 5.69 Å². The first-order chi connectivity index (χ1) is 17.0. The SMILES string of the molecule is CCOC(=O)CCCC(=O)Nc1cccc(-c2cc(C(=O)OCC)nn2-c2ccccc2OC)c1. The van der Waals surface area contributed by atoms with E-state index < -0.39 is 5.97 Å². The van der Waals surface area contributed by atoms with E-state index in [1.165, 1.54) is 0 Å². The van der Waals surface area contributed by atoms with Crippen molar-refractivity contribution >= 4 is 23.5 Å². The van der Waals surface area contributed by atoms with Crippen LogP contribution in [0.5, 0.6) is 5.75 Å². The van der Waals surface area contributed by atoms with Crippen molar-refractivity contribution in [2.24, 2.45) is 0 Å². The summed E-state index contributed by atoms with van der Waals surface area (Å²) in [7, 11) is 1.56. The second-order valence-electron chi connectivity index (χ2n) is 7.51. The quantitative estimate of drug-likeness (QED) is 0.406. The lowest BCUT2D eigenvalue weighted by Gasteiger charge is -2.12. The molecule has 184 valence electrons. The number of hydrogen-bond acceptors (Lipinski definition) is 7. The molecule has 1 heterocycles. The standard InChI is InChI=1S/C26H29N3O6/c1-4-34-25(31)15-9-14-24(30)27-19-11-8-10-18(16-19)22-17-20(26(32)35-5-2)28-29(22)21-12-6-7-13-23(21)33-3/h6-8,10-13,16-17H,4-5,9,14-15H2,1-3H3,(H,27,30). The van der Waals surface area contributed by atoms with Crippen molar-refractivity contribution in [3.63, 3.8) is 0 Å². The Morgan fingerprint density at radius 1 is 0.943 bits per heavy atom. The summed E-state index contributed by atoms with van der Waals surface area (Å²) in [6, 6.07) is 16.2. The van der Waals surface area contributed by atoms with E-state index in [0.29, 0.717) is 35.8 Å². The Kier molecular flexibility index (Phi) is 9.00. The molecule has 0 aliphatic carbocycles. The molecule has 0 radical (unpaired) electrons. The van der Waals surface area contributed by atoms with Crippen LogP contribution in [-0.2, 0) is 19.1 Å². The first kappa shape index (κ1) is 25.5. The second kappa shape index (κ2) is 12.4. The van der Waals surface area contributed by atoms with Crippen LogP contribution in [-0.4, -0.2) is 47.9 Å². The van der Waals surface area contributed by atoms with E-state index in [2.05, 4.69) is 10.4 Å². The van der Waals surface area contributed by atoms with Gasteiger partial charge in [-0.2, -0.15) is 5.10 Å². The van der Waals surface area contributed by atoms with E-state index in [1.54, 1.807) is 56.0 Å². The zero-order chi connectivity index (χ0) is 25.2. The number of nitrogens with zero attached hydrogens (tertiary/aromatic N) is 2. The fraction of sp³-hybridized carbons (Fsp3) is 0.308. The van der Waals surface area contributed by atoms with Crippen molar-refractivity contribution in [1.29, 1.82) is 0 Å². The molecule has 0 saturated heterocycles. The highest BCUT2D eigenvalue weighted by Crippen LogP contribution is 2.30. The van der Waals surface area contributed by atoms with Gasteiger partial charge in [-0.1, -0.05) is 24.3 Å². The summed E-state index contributed by atoms with van der Waals surface area (Å²) >= 11 is 0. The topological polar surface area (TPSA) is 109 Å². The molecule has 0 aliphatic rings. The van der Waals surface area contributed by atoms with Gasteiger partial charge in [0.25, 0.3) is 0 Å². The molecule has 1 N–H and O–H groups in total. The number of nitrogens with one attached hydrogen (secondary N) is 1. The molecule has 0 saturated carbocycles. The second-order valence-corrected chi connectivity index (χ2v) is 7.51. The fourth-order valence-corrected chi connectivity index (χ4v) is 3.49. The van der Waals surface area contributed by atoms with Gasteiger partial charge in [0.2, 0.25) is 5.91 Å². The van der Waals surface area contributed by atoms with Crippen LogP contribution in [0.25, 0.3) is 16.9 Å². The Labute approximate surface area is 204 Å². The summed E-state index contributed by atoms with van der Waals surface area (Å²) in [5.41, 5.74) is 2.73. The molecule has 3 rings (SSSR count). The summed E-state index contributed by atoms with van der Waals surface area (Å²) in [5, 5.41) is 7.33. The summed E-state index contributed by atoms with van der Waals surface area (Å²) in [6.07, 6.45) is 0.777. The van der Waals surface area contributed by atoms with Crippen molar-refractivity contribution < 1.29 is 28.6 Å². The van der Waals surface area contributed by atoms with Crippen LogP contribution >= 0.6 is 0 Å². The van der Waals surface area contributed by atoms with Gasteiger partial charge < -0.3 is 19.5 Å². The number of rotatable bonds is 11. The van der Waals surface area contributed by atoms with Crippen molar-refractivity contribution in [3.8, 4) is 22.7 Å². The lowest BCUT2D eigenvalue weighted by molar-refractivity contribution is -0.143. The van der Waals surface area contributed by atoms with Crippen molar-refractivity contribution in [2.75, 3.05) is 25.6 Å². The molecule has 35 heavy (non-hydrogen) atoms. The molecule has 2 aromatic carbocycles. The monoisotopic (exact) mass is 479 g/mol. The molecular weight excluding hydrogens is 450 g/mol. The minimum atomic E-state index is -0.534. The Morgan fingerprint density at radius 2 is 1.71 bits per heavy atom. The van der Waals surface area contributed by atoms with E-state index in [4.69, 9.17) is 14.2 Å². The number of benzene rings is 2. The molecule has 0 bridgehead atoms. The van der Waals surface area contributed by atoms with Crippen LogP contribution in [0.1, 0.15) is 43.6 Å². The normalized spacial score (nSPS) is 10.5. The highest BCUT2D eigenvalue weighted by Gasteiger charge is 2.20. The van der Waals surface area contributed by atoms with Gasteiger partial charge in [0.1, 0.15) is 11.4 Å². The maximum atomic E-state index is 12.4. The lowest BCUT2D eigenvalue weighted by atomic mass is 10.1. The van der Waals surface area contributed by atoms with E-state index in [9.17, 15) is 14.4 Å². The summed E-state index contributed by atoms with van der Waals surface area (Å²) in [4.78, 5) is 36.3. The molecule has 0 spiro atoms. The number of aromatic nitrogens is 2. The minimum Gasteiger partial charge on any atom is -0.494 e. The van der Waals surface area contributed by atoms with Gasteiger partial charge in [-0.05, 0) is 50.6 Å². The smallest absolute Gasteiger partial charge is 0.358 e. The predicted molar refractivity (Wildman–Crippen MR) is 131 cm³/mol. The molecule has 9 nitrogen and oxygen atoms in total. The van der Waals surface area contributed by atoms with Crippen molar-refractivity contribution in [2.45, 2.75) is 33.1 Å². The average molecular weight is 480 g/mol. The molecule has 0 atom stereocenters. The van der Waals surface area contributed by atoms with Crippen molar-refractivity contribution in [1.82, 2.24) is 9.78 Å². The highest BCUT2D eigenvalue weighted by atomic mass is 16.5. The maximum Gasteiger partial charge on any atom is 0.358 e. The molecule has 9 heteroatoms. The number of hydrogen-bond donors (Lipinski definition) is 1. The molecule has 1 amide bonds. The van der Waals surface area contributed by atoms with Crippen LogP contribution < -0.4 is 10.1 Å². The summed E-state index contributed by atoms with van der Waals surface area (Å²) in [6.45, 7) is 4.02. The third-order valence-corrected chi connectivity index (χ3v) is 5.04. The predicted octanol–water partition coefficient (Wildman–Crippen LogP) is 4.40. The Balaban J connectivity index is 1.87. The summed E-state index contributed by atoms with van der Waals surface area (Å²) in [5.74, 6) is -0.479. The molecule has 0 aliphatic heterocycles. The summed E-state index contributed by atoms with van der Waals surface area (Å²) < 4.78 is 17.1. The number of methoxy groups -OCH3 is 1. The van der Waals surface area contributed by atoms with Gasteiger partial charge in [0, 0.05) is 24.1 Å². The minimum absolute atomic E-state index is 0.154. The van der Waals surface area contributed by atoms with Gasteiger partial charge in [-0.3, -0.25) is 9.59 Å². The molecule has 1 aromatic heterocycles. The number of amides is 1. The van der Waals surface area contributed by atoms with Crippen LogP contribution in [0, 0.1) is 0 Å². The number of ether oxygens (including phenoxy) is 3. The molecular formula is C26H29N3O6. The maximum absolute atomic E-state index is 12.4. The number of carbonyl (C=O) groups is 3. The molecule has 0 fully saturated rings. The van der Waals surface area contributed by atoms with Crippen molar-refractivity contribution in [3.05, 3.63) is 60.3 Å².